The lowest BCUT2D eigenvalue weighted by Crippen LogP contribution is -2.31. The third-order valence-electron chi connectivity index (χ3n) is 3.88. The van der Waals surface area contributed by atoms with Gasteiger partial charge in [0.05, 0.1) is 5.92 Å². The lowest BCUT2D eigenvalue weighted by atomic mass is 9.86. The van der Waals surface area contributed by atoms with Crippen molar-refractivity contribution in [2.45, 2.75) is 25.2 Å². The second-order valence-corrected chi connectivity index (χ2v) is 5.08. The first kappa shape index (κ1) is 10.8. The van der Waals surface area contributed by atoms with Gasteiger partial charge in [-0.1, -0.05) is 18.2 Å². The fourth-order valence-corrected chi connectivity index (χ4v) is 2.97. The SMILES string of the molecule is O=C1Nc2ccccc2[C@H]1C[C@@H]1CCCNC1. The second-order valence-electron chi connectivity index (χ2n) is 5.08. The maximum absolute atomic E-state index is 12.0. The van der Waals surface area contributed by atoms with E-state index in [1.165, 1.54) is 18.4 Å². The molecule has 0 aliphatic carbocycles. The topological polar surface area (TPSA) is 41.1 Å². The van der Waals surface area contributed by atoms with E-state index in [9.17, 15) is 4.79 Å². The molecule has 2 aliphatic heterocycles. The van der Waals surface area contributed by atoms with E-state index in [-0.39, 0.29) is 11.8 Å². The minimum atomic E-state index is 0.0658. The van der Waals surface area contributed by atoms with Crippen molar-refractivity contribution in [3.63, 3.8) is 0 Å². The van der Waals surface area contributed by atoms with Crippen LogP contribution in [0.15, 0.2) is 24.3 Å². The van der Waals surface area contributed by atoms with E-state index >= 15 is 0 Å². The van der Waals surface area contributed by atoms with Crippen molar-refractivity contribution >= 4 is 11.6 Å². The van der Waals surface area contributed by atoms with E-state index in [1.54, 1.807) is 0 Å². The number of nitrogens with one attached hydrogen (secondary N) is 2. The number of anilines is 1. The van der Waals surface area contributed by atoms with E-state index in [0.717, 1.165) is 25.2 Å². The van der Waals surface area contributed by atoms with Gasteiger partial charge in [-0.3, -0.25) is 4.79 Å². The minimum Gasteiger partial charge on any atom is -0.325 e. The Morgan fingerprint density at radius 1 is 1.29 bits per heavy atom. The fraction of sp³-hybridized carbons (Fsp3) is 0.500. The molecule has 1 amide bonds. The zero-order valence-electron chi connectivity index (χ0n) is 9.91. The number of piperidine rings is 1. The molecule has 3 nitrogen and oxygen atoms in total. The average molecular weight is 230 g/mol. The molecule has 1 aromatic carbocycles. The van der Waals surface area contributed by atoms with Crippen LogP contribution in [0.5, 0.6) is 0 Å². The van der Waals surface area contributed by atoms with Crippen LogP contribution < -0.4 is 10.6 Å². The van der Waals surface area contributed by atoms with Gasteiger partial charge in [0.2, 0.25) is 5.91 Å². The van der Waals surface area contributed by atoms with Gasteiger partial charge in [-0.2, -0.15) is 0 Å². The molecule has 17 heavy (non-hydrogen) atoms. The Bertz CT molecular complexity index is 424. The Kier molecular flexibility index (Phi) is 2.85. The molecule has 0 spiro atoms. The number of carbonyl (C=O) groups excluding carboxylic acids is 1. The third kappa shape index (κ3) is 2.07. The molecular weight excluding hydrogens is 212 g/mol. The second kappa shape index (κ2) is 4.49. The molecule has 0 bridgehead atoms. The van der Waals surface area contributed by atoms with Crippen LogP contribution >= 0.6 is 0 Å². The highest BCUT2D eigenvalue weighted by Crippen LogP contribution is 2.37. The number of hydrogen-bond acceptors (Lipinski definition) is 2. The first-order chi connectivity index (χ1) is 8.34. The zero-order valence-corrected chi connectivity index (χ0v) is 9.91. The van der Waals surface area contributed by atoms with Gasteiger partial charge in [0.15, 0.2) is 0 Å². The molecule has 2 atom stereocenters. The molecule has 0 saturated carbocycles. The Hall–Kier alpha value is -1.35. The first-order valence-electron chi connectivity index (χ1n) is 6.45. The van der Waals surface area contributed by atoms with Crippen molar-refractivity contribution in [3.05, 3.63) is 29.8 Å². The molecule has 1 fully saturated rings. The maximum atomic E-state index is 12.0. The molecule has 2 aliphatic rings. The van der Waals surface area contributed by atoms with Crippen LogP contribution in [0.2, 0.25) is 0 Å². The number of amides is 1. The molecule has 1 saturated heterocycles. The highest BCUT2D eigenvalue weighted by atomic mass is 16.2. The molecule has 0 radical (unpaired) electrons. The van der Waals surface area contributed by atoms with Gasteiger partial charge in [0.1, 0.15) is 0 Å². The molecule has 3 heteroatoms. The minimum absolute atomic E-state index is 0.0658. The number of para-hydroxylation sites is 1. The Balaban J connectivity index is 1.76. The summed E-state index contributed by atoms with van der Waals surface area (Å²) in [6.07, 6.45) is 3.47. The monoisotopic (exact) mass is 230 g/mol. The predicted octanol–water partition coefficient (Wildman–Crippen LogP) is 2.11. The highest BCUT2D eigenvalue weighted by molar-refractivity contribution is 6.02. The average Bonchev–Trinajstić information content (AvgIpc) is 2.68. The lowest BCUT2D eigenvalue weighted by molar-refractivity contribution is -0.117. The van der Waals surface area contributed by atoms with Crippen LogP contribution in [0.1, 0.15) is 30.7 Å². The van der Waals surface area contributed by atoms with Gasteiger partial charge in [-0.15, -0.1) is 0 Å². The summed E-state index contributed by atoms with van der Waals surface area (Å²) < 4.78 is 0. The highest BCUT2D eigenvalue weighted by Gasteiger charge is 2.32. The van der Waals surface area contributed by atoms with Crippen molar-refractivity contribution in [2.24, 2.45) is 5.92 Å². The lowest BCUT2D eigenvalue weighted by Gasteiger charge is -2.24. The normalized spacial score (nSPS) is 27.6. The molecule has 2 heterocycles. The van der Waals surface area contributed by atoms with Crippen LogP contribution in [0, 0.1) is 5.92 Å². The first-order valence-corrected chi connectivity index (χ1v) is 6.45. The molecule has 0 unspecified atom stereocenters. The summed E-state index contributed by atoms with van der Waals surface area (Å²) in [6.45, 7) is 2.19. The van der Waals surface area contributed by atoms with Crippen molar-refractivity contribution < 1.29 is 4.79 Å². The number of fused-ring (bicyclic) bond motifs is 1. The molecular formula is C14H18N2O. The fourth-order valence-electron chi connectivity index (χ4n) is 2.97. The third-order valence-corrected chi connectivity index (χ3v) is 3.88. The van der Waals surface area contributed by atoms with E-state index < -0.39 is 0 Å². The molecule has 3 rings (SSSR count). The van der Waals surface area contributed by atoms with Gasteiger partial charge < -0.3 is 10.6 Å². The number of benzene rings is 1. The Labute approximate surface area is 102 Å². The van der Waals surface area contributed by atoms with E-state index in [0.29, 0.717) is 5.92 Å². The number of carbonyl (C=O) groups is 1. The van der Waals surface area contributed by atoms with E-state index in [2.05, 4.69) is 16.7 Å². The Morgan fingerprint density at radius 3 is 3.00 bits per heavy atom. The summed E-state index contributed by atoms with van der Waals surface area (Å²) in [5.41, 5.74) is 2.19. The summed E-state index contributed by atoms with van der Waals surface area (Å²) in [5, 5.41) is 6.39. The van der Waals surface area contributed by atoms with Crippen molar-refractivity contribution in [1.82, 2.24) is 5.32 Å². The quantitative estimate of drug-likeness (QED) is 0.817. The smallest absolute Gasteiger partial charge is 0.232 e. The summed E-state index contributed by atoms with van der Waals surface area (Å²) in [5.74, 6) is 0.888. The summed E-state index contributed by atoms with van der Waals surface area (Å²) in [7, 11) is 0. The largest absolute Gasteiger partial charge is 0.325 e. The zero-order chi connectivity index (χ0) is 11.7. The van der Waals surface area contributed by atoms with E-state index in [1.807, 2.05) is 18.2 Å². The van der Waals surface area contributed by atoms with E-state index in [4.69, 9.17) is 0 Å². The van der Waals surface area contributed by atoms with Gasteiger partial charge in [0.25, 0.3) is 0 Å². The van der Waals surface area contributed by atoms with Crippen molar-refractivity contribution in [3.8, 4) is 0 Å². The molecule has 0 aromatic heterocycles. The van der Waals surface area contributed by atoms with Crippen LogP contribution in [-0.2, 0) is 4.79 Å². The van der Waals surface area contributed by atoms with Crippen LogP contribution in [0.4, 0.5) is 5.69 Å². The van der Waals surface area contributed by atoms with Gasteiger partial charge in [0, 0.05) is 5.69 Å². The number of hydrogen-bond donors (Lipinski definition) is 2. The van der Waals surface area contributed by atoms with Crippen LogP contribution in [-0.4, -0.2) is 19.0 Å². The van der Waals surface area contributed by atoms with Gasteiger partial charge >= 0.3 is 0 Å². The van der Waals surface area contributed by atoms with Crippen LogP contribution in [0.25, 0.3) is 0 Å². The standard InChI is InChI=1S/C14H18N2O/c17-14-12(8-10-4-3-7-15-9-10)11-5-1-2-6-13(11)16-14/h1-2,5-6,10,12,15H,3-4,7-9H2,(H,16,17)/t10-,12+/m0/s1. The van der Waals surface area contributed by atoms with Crippen LogP contribution in [0.3, 0.4) is 0 Å². The molecule has 90 valence electrons. The summed E-state index contributed by atoms with van der Waals surface area (Å²) >= 11 is 0. The van der Waals surface area contributed by atoms with Crippen molar-refractivity contribution in [2.75, 3.05) is 18.4 Å². The van der Waals surface area contributed by atoms with Gasteiger partial charge in [-0.05, 0) is 49.9 Å². The van der Waals surface area contributed by atoms with Gasteiger partial charge in [-0.25, -0.2) is 0 Å². The summed E-state index contributed by atoms with van der Waals surface area (Å²) in [4.78, 5) is 12.0. The predicted molar refractivity (Wildman–Crippen MR) is 68.0 cm³/mol. The molecule has 2 N–H and O–H groups in total. The number of rotatable bonds is 2. The maximum Gasteiger partial charge on any atom is 0.232 e. The Morgan fingerprint density at radius 2 is 2.18 bits per heavy atom. The molecule has 1 aromatic rings. The van der Waals surface area contributed by atoms with Crippen molar-refractivity contribution in [1.29, 1.82) is 0 Å². The summed E-state index contributed by atoms with van der Waals surface area (Å²) in [6, 6.07) is 8.06.